The summed E-state index contributed by atoms with van der Waals surface area (Å²) < 4.78 is 10.4. The predicted molar refractivity (Wildman–Crippen MR) is 156 cm³/mol. The van der Waals surface area contributed by atoms with Crippen molar-refractivity contribution >= 4 is 12.2 Å². The van der Waals surface area contributed by atoms with E-state index in [1.807, 2.05) is 41.5 Å². The SMILES string of the molecule is CC(C)(C)OC(=O)NCCN1CCN(Cc2ccccc2)CC1.CC(C)(C)OC(=O)NCCN1CCNCC1. The van der Waals surface area contributed by atoms with E-state index in [0.717, 1.165) is 72.0 Å². The van der Waals surface area contributed by atoms with Crippen molar-refractivity contribution in [2.75, 3.05) is 78.5 Å². The largest absolute Gasteiger partial charge is 0.444 e. The third-order valence-corrected chi connectivity index (χ3v) is 6.12. The summed E-state index contributed by atoms with van der Waals surface area (Å²) in [4.78, 5) is 30.1. The Morgan fingerprint density at radius 2 is 1.15 bits per heavy atom. The summed E-state index contributed by atoms with van der Waals surface area (Å²) in [5.74, 6) is 0. The molecule has 0 aromatic heterocycles. The standard InChI is InChI=1S/C18H29N3O2.C11H23N3O2/c1-18(2,3)23-17(22)19-9-10-20-11-13-21(14-12-20)15-16-7-5-4-6-8-16;1-11(2,3)16-10(15)13-6-9-14-7-4-12-5-8-14/h4-8H,9-15H2,1-3H3,(H,19,22);12H,4-9H2,1-3H3,(H,13,15). The van der Waals surface area contributed by atoms with Gasteiger partial charge in [-0.15, -0.1) is 0 Å². The van der Waals surface area contributed by atoms with E-state index in [9.17, 15) is 9.59 Å². The van der Waals surface area contributed by atoms with Crippen LogP contribution >= 0.6 is 0 Å². The van der Waals surface area contributed by atoms with Gasteiger partial charge in [-0.1, -0.05) is 30.3 Å². The van der Waals surface area contributed by atoms with Crippen LogP contribution in [0, 0.1) is 0 Å². The minimum atomic E-state index is -0.437. The molecule has 1 aromatic carbocycles. The van der Waals surface area contributed by atoms with Gasteiger partial charge in [-0.2, -0.15) is 0 Å². The van der Waals surface area contributed by atoms with Crippen LogP contribution in [0.4, 0.5) is 9.59 Å². The van der Waals surface area contributed by atoms with E-state index in [1.54, 1.807) is 0 Å². The molecule has 2 aliphatic rings. The molecule has 0 bridgehead atoms. The molecule has 10 nitrogen and oxygen atoms in total. The van der Waals surface area contributed by atoms with Crippen molar-refractivity contribution in [2.45, 2.75) is 59.3 Å². The molecular weight excluding hydrogens is 496 g/mol. The number of hydrogen-bond acceptors (Lipinski definition) is 8. The minimum Gasteiger partial charge on any atom is -0.444 e. The van der Waals surface area contributed by atoms with Crippen molar-refractivity contribution in [3.05, 3.63) is 35.9 Å². The van der Waals surface area contributed by atoms with Crippen molar-refractivity contribution in [3.8, 4) is 0 Å². The summed E-state index contributed by atoms with van der Waals surface area (Å²) in [6, 6.07) is 10.6. The summed E-state index contributed by atoms with van der Waals surface area (Å²) >= 11 is 0. The quantitative estimate of drug-likeness (QED) is 0.456. The molecule has 39 heavy (non-hydrogen) atoms. The minimum absolute atomic E-state index is 0.331. The molecule has 0 atom stereocenters. The average molecular weight is 549 g/mol. The van der Waals surface area contributed by atoms with Gasteiger partial charge < -0.3 is 25.4 Å². The number of hydrogen-bond donors (Lipinski definition) is 3. The Balaban J connectivity index is 0.000000293. The fourth-order valence-electron chi connectivity index (χ4n) is 4.21. The lowest BCUT2D eigenvalue weighted by Gasteiger charge is -2.34. The van der Waals surface area contributed by atoms with Crippen molar-refractivity contribution in [3.63, 3.8) is 0 Å². The van der Waals surface area contributed by atoms with Crippen LogP contribution in [0.3, 0.4) is 0 Å². The van der Waals surface area contributed by atoms with Gasteiger partial charge in [-0.3, -0.25) is 14.7 Å². The lowest BCUT2D eigenvalue weighted by atomic mass is 10.2. The molecule has 0 spiro atoms. The van der Waals surface area contributed by atoms with Gasteiger partial charge in [0.2, 0.25) is 0 Å². The Hall–Kier alpha value is -2.40. The van der Waals surface area contributed by atoms with Gasteiger partial charge in [0, 0.05) is 85.1 Å². The molecule has 3 N–H and O–H groups in total. The molecule has 0 saturated carbocycles. The number of alkyl carbamates (subject to hydrolysis) is 2. The van der Waals surface area contributed by atoms with E-state index in [-0.39, 0.29) is 12.2 Å². The second kappa shape index (κ2) is 16.6. The number of carbonyl (C=O) groups is 2. The van der Waals surface area contributed by atoms with E-state index in [1.165, 1.54) is 5.56 Å². The molecule has 2 amide bonds. The third-order valence-electron chi connectivity index (χ3n) is 6.12. The van der Waals surface area contributed by atoms with Crippen LogP contribution in [-0.4, -0.2) is 117 Å². The fourth-order valence-corrected chi connectivity index (χ4v) is 4.21. The Kier molecular flexibility index (Phi) is 14.0. The summed E-state index contributed by atoms with van der Waals surface area (Å²) in [7, 11) is 0. The highest BCUT2D eigenvalue weighted by molar-refractivity contribution is 5.67. The van der Waals surface area contributed by atoms with E-state index in [0.29, 0.717) is 13.1 Å². The molecule has 1 aromatic rings. The third kappa shape index (κ3) is 16.3. The number of ether oxygens (including phenoxy) is 2. The number of rotatable bonds is 8. The number of nitrogens with zero attached hydrogens (tertiary/aromatic N) is 3. The zero-order valence-corrected chi connectivity index (χ0v) is 25.1. The first-order chi connectivity index (χ1) is 18.4. The van der Waals surface area contributed by atoms with Gasteiger partial charge in [0.25, 0.3) is 0 Å². The number of benzene rings is 1. The molecule has 0 unspecified atom stereocenters. The van der Waals surface area contributed by atoms with Gasteiger partial charge in [-0.25, -0.2) is 9.59 Å². The first-order valence-electron chi connectivity index (χ1n) is 14.2. The van der Waals surface area contributed by atoms with Crippen molar-refractivity contribution < 1.29 is 19.1 Å². The van der Waals surface area contributed by atoms with E-state index < -0.39 is 11.2 Å². The van der Waals surface area contributed by atoms with E-state index in [4.69, 9.17) is 9.47 Å². The first-order valence-corrected chi connectivity index (χ1v) is 14.2. The average Bonchev–Trinajstić information content (AvgIpc) is 2.85. The van der Waals surface area contributed by atoms with Gasteiger partial charge in [-0.05, 0) is 47.1 Å². The highest BCUT2D eigenvalue weighted by Gasteiger charge is 2.19. The van der Waals surface area contributed by atoms with E-state index >= 15 is 0 Å². The zero-order valence-electron chi connectivity index (χ0n) is 25.1. The Morgan fingerprint density at radius 1 is 0.718 bits per heavy atom. The van der Waals surface area contributed by atoms with Crippen LogP contribution in [0.2, 0.25) is 0 Å². The second-order valence-corrected chi connectivity index (χ2v) is 12.1. The lowest BCUT2D eigenvalue weighted by molar-refractivity contribution is 0.0506. The van der Waals surface area contributed by atoms with Gasteiger partial charge >= 0.3 is 12.2 Å². The van der Waals surface area contributed by atoms with Crippen LogP contribution in [0.15, 0.2) is 30.3 Å². The number of carbonyl (C=O) groups excluding carboxylic acids is 2. The van der Waals surface area contributed by atoms with Gasteiger partial charge in [0.05, 0.1) is 0 Å². The molecule has 0 aliphatic carbocycles. The summed E-state index contributed by atoms with van der Waals surface area (Å²) in [5.41, 5.74) is 0.513. The summed E-state index contributed by atoms with van der Waals surface area (Å²) in [5, 5.41) is 8.88. The maximum absolute atomic E-state index is 11.6. The van der Waals surface area contributed by atoms with Crippen LogP contribution in [0.1, 0.15) is 47.1 Å². The predicted octanol–water partition coefficient (Wildman–Crippen LogP) is 2.75. The highest BCUT2D eigenvalue weighted by Crippen LogP contribution is 2.09. The molecule has 2 aliphatic heterocycles. The second-order valence-electron chi connectivity index (χ2n) is 12.1. The Bertz CT molecular complexity index is 826. The van der Waals surface area contributed by atoms with Gasteiger partial charge in [0.15, 0.2) is 0 Å². The number of piperazine rings is 2. The maximum atomic E-state index is 11.6. The topological polar surface area (TPSA) is 98.4 Å². The molecule has 2 heterocycles. The van der Waals surface area contributed by atoms with Crippen molar-refractivity contribution in [1.29, 1.82) is 0 Å². The normalized spacial score (nSPS) is 17.5. The van der Waals surface area contributed by atoms with Gasteiger partial charge in [0.1, 0.15) is 11.2 Å². The van der Waals surface area contributed by atoms with Crippen LogP contribution in [0.25, 0.3) is 0 Å². The van der Waals surface area contributed by atoms with Crippen LogP contribution in [0.5, 0.6) is 0 Å². The zero-order chi connectivity index (χ0) is 28.7. The van der Waals surface area contributed by atoms with Crippen molar-refractivity contribution in [2.24, 2.45) is 0 Å². The Labute approximate surface area is 235 Å². The molecule has 222 valence electrons. The molecule has 2 saturated heterocycles. The fraction of sp³-hybridized carbons (Fsp3) is 0.724. The smallest absolute Gasteiger partial charge is 0.407 e. The lowest BCUT2D eigenvalue weighted by Crippen LogP contribution is -2.48. The van der Waals surface area contributed by atoms with E-state index in [2.05, 4.69) is 61.0 Å². The molecule has 3 rings (SSSR count). The first kappa shape index (κ1) is 32.8. The molecular formula is C29H52N6O4. The molecule has 2 fully saturated rings. The maximum Gasteiger partial charge on any atom is 0.407 e. The molecule has 0 radical (unpaired) electrons. The van der Waals surface area contributed by atoms with Crippen molar-refractivity contribution in [1.82, 2.24) is 30.7 Å². The number of nitrogens with one attached hydrogen (secondary N) is 3. The van der Waals surface area contributed by atoms with Crippen LogP contribution < -0.4 is 16.0 Å². The molecule has 10 heteroatoms. The van der Waals surface area contributed by atoms with Crippen LogP contribution in [-0.2, 0) is 16.0 Å². The highest BCUT2D eigenvalue weighted by atomic mass is 16.6. The Morgan fingerprint density at radius 3 is 1.62 bits per heavy atom. The monoisotopic (exact) mass is 548 g/mol. The number of amides is 2. The summed E-state index contributed by atoms with van der Waals surface area (Å²) in [6.07, 6.45) is -0.664. The summed E-state index contributed by atoms with van der Waals surface area (Å²) in [6.45, 7) is 23.7.